The Labute approximate surface area is 142 Å². The van der Waals surface area contributed by atoms with Gasteiger partial charge in [0.25, 0.3) is 0 Å². The van der Waals surface area contributed by atoms with Crippen LogP contribution in [0, 0.1) is 5.41 Å². The average molecular weight is 334 g/mol. The van der Waals surface area contributed by atoms with Crippen LogP contribution in [-0.2, 0) is 20.8 Å². The van der Waals surface area contributed by atoms with E-state index in [2.05, 4.69) is 10.6 Å². The van der Waals surface area contributed by atoms with E-state index in [9.17, 15) is 14.4 Å². The number of carboxylic acids is 1. The van der Waals surface area contributed by atoms with Crippen LogP contribution < -0.4 is 10.6 Å². The first kappa shape index (κ1) is 19.7. The lowest BCUT2D eigenvalue weighted by atomic mass is 9.96. The Morgan fingerprint density at radius 2 is 1.83 bits per heavy atom. The molecular weight excluding hydrogens is 308 g/mol. The summed E-state index contributed by atoms with van der Waals surface area (Å²) in [7, 11) is 0. The number of hydrogen-bond acceptors (Lipinski definition) is 3. The summed E-state index contributed by atoms with van der Waals surface area (Å²) < 4.78 is 0. The number of aliphatic carboxylic acids is 1. The second kappa shape index (κ2) is 9.05. The molecule has 1 aromatic rings. The highest BCUT2D eigenvalue weighted by atomic mass is 16.4. The fourth-order valence-electron chi connectivity index (χ4n) is 2.00. The monoisotopic (exact) mass is 334 g/mol. The Morgan fingerprint density at radius 1 is 1.12 bits per heavy atom. The van der Waals surface area contributed by atoms with Gasteiger partial charge in [0, 0.05) is 30.5 Å². The molecule has 0 radical (unpaired) electrons. The maximum absolute atomic E-state index is 11.9. The van der Waals surface area contributed by atoms with Gasteiger partial charge in [0.2, 0.25) is 11.8 Å². The van der Waals surface area contributed by atoms with E-state index in [1.54, 1.807) is 18.2 Å². The number of carboxylic acid groups (broad SMARTS) is 1. The Bertz CT molecular complexity index is 591. The standard InChI is InChI=1S/C18H26N2O4/c1-18(2,3)17(24)19-11-5-8-15(21)20-14-7-4-6-13(12-14)9-10-16(22)23/h4,6-7,12H,5,8-11H2,1-3H3,(H,19,24)(H,20,21)(H,22,23). The molecule has 0 fully saturated rings. The number of carbonyl (C=O) groups excluding carboxylic acids is 2. The zero-order chi connectivity index (χ0) is 18.2. The molecule has 0 unspecified atom stereocenters. The highest BCUT2D eigenvalue weighted by Gasteiger charge is 2.20. The zero-order valence-electron chi connectivity index (χ0n) is 14.5. The predicted molar refractivity (Wildman–Crippen MR) is 92.7 cm³/mol. The predicted octanol–water partition coefficient (Wildman–Crippen LogP) is 2.58. The summed E-state index contributed by atoms with van der Waals surface area (Å²) in [4.78, 5) is 34.2. The van der Waals surface area contributed by atoms with E-state index >= 15 is 0 Å². The molecule has 0 heterocycles. The zero-order valence-corrected chi connectivity index (χ0v) is 14.5. The smallest absolute Gasteiger partial charge is 0.303 e. The van der Waals surface area contributed by atoms with Crippen LogP contribution in [0.5, 0.6) is 0 Å². The van der Waals surface area contributed by atoms with E-state index in [0.717, 1.165) is 5.56 Å². The quantitative estimate of drug-likeness (QED) is 0.637. The summed E-state index contributed by atoms with van der Waals surface area (Å²) in [5.41, 5.74) is 1.09. The van der Waals surface area contributed by atoms with Crippen LogP contribution in [0.3, 0.4) is 0 Å². The van der Waals surface area contributed by atoms with Gasteiger partial charge in [0.05, 0.1) is 0 Å². The third kappa shape index (κ3) is 7.76. The molecule has 132 valence electrons. The van der Waals surface area contributed by atoms with Gasteiger partial charge in [-0.05, 0) is 30.5 Å². The van der Waals surface area contributed by atoms with Gasteiger partial charge in [0.15, 0.2) is 0 Å². The Kier molecular flexibility index (Phi) is 7.42. The first-order chi connectivity index (χ1) is 11.2. The summed E-state index contributed by atoms with van der Waals surface area (Å²) in [6.07, 6.45) is 1.36. The van der Waals surface area contributed by atoms with Crippen molar-refractivity contribution in [2.24, 2.45) is 5.41 Å². The van der Waals surface area contributed by atoms with Crippen LogP contribution in [0.1, 0.15) is 45.6 Å². The lowest BCUT2D eigenvalue weighted by molar-refractivity contribution is -0.137. The van der Waals surface area contributed by atoms with Crippen molar-refractivity contribution < 1.29 is 19.5 Å². The fourth-order valence-corrected chi connectivity index (χ4v) is 2.00. The summed E-state index contributed by atoms with van der Waals surface area (Å²) in [5, 5.41) is 14.3. The van der Waals surface area contributed by atoms with Gasteiger partial charge in [-0.2, -0.15) is 0 Å². The SMILES string of the molecule is CC(C)(C)C(=O)NCCCC(=O)Nc1cccc(CCC(=O)O)c1. The van der Waals surface area contributed by atoms with Crippen molar-refractivity contribution in [2.45, 2.75) is 46.5 Å². The van der Waals surface area contributed by atoms with E-state index < -0.39 is 11.4 Å². The molecule has 0 aromatic heterocycles. The molecule has 6 heteroatoms. The lowest BCUT2D eigenvalue weighted by Crippen LogP contribution is -2.35. The van der Waals surface area contributed by atoms with Crippen LogP contribution in [0.25, 0.3) is 0 Å². The number of benzene rings is 1. The molecule has 0 bridgehead atoms. The molecule has 24 heavy (non-hydrogen) atoms. The molecular formula is C18H26N2O4. The molecule has 1 aromatic carbocycles. The molecule has 0 aliphatic rings. The molecule has 0 atom stereocenters. The maximum atomic E-state index is 11.9. The molecule has 6 nitrogen and oxygen atoms in total. The number of carbonyl (C=O) groups is 3. The number of anilines is 1. The molecule has 0 saturated carbocycles. The molecule has 0 aliphatic heterocycles. The van der Waals surface area contributed by atoms with Gasteiger partial charge >= 0.3 is 5.97 Å². The maximum Gasteiger partial charge on any atom is 0.303 e. The van der Waals surface area contributed by atoms with E-state index in [1.807, 2.05) is 26.8 Å². The van der Waals surface area contributed by atoms with E-state index in [4.69, 9.17) is 5.11 Å². The Balaban J connectivity index is 2.36. The van der Waals surface area contributed by atoms with Gasteiger partial charge in [-0.3, -0.25) is 14.4 Å². The van der Waals surface area contributed by atoms with Crippen LogP contribution in [0.2, 0.25) is 0 Å². The third-order valence-corrected chi connectivity index (χ3v) is 3.39. The average Bonchev–Trinajstić information content (AvgIpc) is 2.48. The highest BCUT2D eigenvalue weighted by molar-refractivity contribution is 5.90. The fraction of sp³-hybridized carbons (Fsp3) is 0.500. The normalized spacial score (nSPS) is 11.0. The molecule has 0 saturated heterocycles. The van der Waals surface area contributed by atoms with Gasteiger partial charge in [0.1, 0.15) is 0 Å². The highest BCUT2D eigenvalue weighted by Crippen LogP contribution is 2.14. The van der Waals surface area contributed by atoms with Crippen LogP contribution in [0.15, 0.2) is 24.3 Å². The Hall–Kier alpha value is -2.37. The van der Waals surface area contributed by atoms with E-state index in [-0.39, 0.29) is 18.2 Å². The minimum Gasteiger partial charge on any atom is -0.481 e. The van der Waals surface area contributed by atoms with E-state index in [1.165, 1.54) is 0 Å². The van der Waals surface area contributed by atoms with Gasteiger partial charge in [-0.15, -0.1) is 0 Å². The number of hydrogen-bond donors (Lipinski definition) is 3. The molecule has 2 amide bonds. The Morgan fingerprint density at radius 3 is 2.46 bits per heavy atom. The molecule has 3 N–H and O–H groups in total. The number of nitrogens with one attached hydrogen (secondary N) is 2. The molecule has 1 rings (SSSR count). The lowest BCUT2D eigenvalue weighted by Gasteiger charge is -2.17. The van der Waals surface area contributed by atoms with Crippen LogP contribution in [-0.4, -0.2) is 29.4 Å². The van der Waals surface area contributed by atoms with E-state index in [0.29, 0.717) is 31.5 Å². The van der Waals surface area contributed by atoms with Gasteiger partial charge in [-0.25, -0.2) is 0 Å². The van der Waals surface area contributed by atoms with Crippen molar-refractivity contribution in [3.63, 3.8) is 0 Å². The van der Waals surface area contributed by atoms with Crippen molar-refractivity contribution in [3.05, 3.63) is 29.8 Å². The summed E-state index contributed by atoms with van der Waals surface area (Å²) in [5.74, 6) is -1.01. The number of amides is 2. The minimum atomic E-state index is -0.846. The summed E-state index contributed by atoms with van der Waals surface area (Å²) >= 11 is 0. The third-order valence-electron chi connectivity index (χ3n) is 3.39. The number of aryl methyl sites for hydroxylation is 1. The molecule has 0 spiro atoms. The second-order valence-corrected chi connectivity index (χ2v) is 6.75. The van der Waals surface area contributed by atoms with Crippen LogP contribution in [0.4, 0.5) is 5.69 Å². The first-order valence-electron chi connectivity index (χ1n) is 8.07. The van der Waals surface area contributed by atoms with Gasteiger partial charge < -0.3 is 15.7 Å². The first-order valence-corrected chi connectivity index (χ1v) is 8.07. The number of rotatable bonds is 8. The van der Waals surface area contributed by atoms with Crippen molar-refractivity contribution in [2.75, 3.05) is 11.9 Å². The second-order valence-electron chi connectivity index (χ2n) is 6.75. The van der Waals surface area contributed by atoms with Crippen molar-refractivity contribution in [3.8, 4) is 0 Å². The largest absolute Gasteiger partial charge is 0.481 e. The van der Waals surface area contributed by atoms with Crippen molar-refractivity contribution in [1.29, 1.82) is 0 Å². The summed E-state index contributed by atoms with van der Waals surface area (Å²) in [6, 6.07) is 7.17. The minimum absolute atomic E-state index is 0.0333. The van der Waals surface area contributed by atoms with Crippen LogP contribution >= 0.6 is 0 Å². The van der Waals surface area contributed by atoms with Crippen molar-refractivity contribution >= 4 is 23.5 Å². The summed E-state index contributed by atoms with van der Waals surface area (Å²) in [6.45, 7) is 5.98. The molecule has 0 aliphatic carbocycles. The van der Waals surface area contributed by atoms with Gasteiger partial charge in [-0.1, -0.05) is 32.9 Å². The topological polar surface area (TPSA) is 95.5 Å². The van der Waals surface area contributed by atoms with Crippen molar-refractivity contribution in [1.82, 2.24) is 5.32 Å².